The highest BCUT2D eigenvalue weighted by Gasteiger charge is 2.30. The van der Waals surface area contributed by atoms with Gasteiger partial charge in [-0.2, -0.15) is 0 Å². The first-order valence-corrected chi connectivity index (χ1v) is 14.5. The monoisotopic (exact) mass is 574 g/mol. The first-order chi connectivity index (χ1) is 16.8. The lowest BCUT2D eigenvalue weighted by molar-refractivity contribution is -0.139. The van der Waals surface area contributed by atoms with Crippen LogP contribution < -0.4 is 5.32 Å². The second-order valence-corrected chi connectivity index (χ2v) is 11.4. The van der Waals surface area contributed by atoms with Crippen LogP contribution in [0, 0.1) is 0 Å². The molecule has 0 unspecified atom stereocenters. The van der Waals surface area contributed by atoms with Gasteiger partial charge in [0.05, 0.1) is 5.75 Å². The molecule has 0 spiro atoms. The summed E-state index contributed by atoms with van der Waals surface area (Å²) in [7, 11) is 0. The number of nitrogens with one attached hydrogen (secondary N) is 1. The largest absolute Gasteiger partial charge is 0.352 e. The summed E-state index contributed by atoms with van der Waals surface area (Å²) in [6.45, 7) is 2.16. The molecule has 3 rings (SSSR count). The summed E-state index contributed by atoms with van der Waals surface area (Å²) in [5.74, 6) is 0.528. The average Bonchev–Trinajstić information content (AvgIpc) is 2.82. The number of benzene rings is 2. The van der Waals surface area contributed by atoms with E-state index in [-0.39, 0.29) is 30.2 Å². The highest BCUT2D eigenvalue weighted by atomic mass is 35.5. The fraction of sp³-hybridized carbons (Fsp3) is 0.462. The van der Waals surface area contributed by atoms with E-state index in [0.717, 1.165) is 36.8 Å². The van der Waals surface area contributed by atoms with Crippen LogP contribution in [0.5, 0.6) is 0 Å². The van der Waals surface area contributed by atoms with Crippen LogP contribution in [0.1, 0.15) is 56.6 Å². The standard InChI is InChI=1S/C26H30Cl4N2O2S/c1-2-24(26(34)31-21-6-4-3-5-7-21)32(14-17-8-10-19(27)12-22(17)29)25(33)16-35-15-18-9-11-20(28)13-23(18)30/h8-13,21,24H,2-7,14-16H2,1H3,(H,31,34)/t24-/m0/s1. The van der Waals surface area contributed by atoms with Crippen LogP contribution in [0.15, 0.2) is 36.4 Å². The topological polar surface area (TPSA) is 49.4 Å². The van der Waals surface area contributed by atoms with Crippen molar-refractivity contribution in [2.45, 2.75) is 69.8 Å². The number of hydrogen-bond donors (Lipinski definition) is 1. The maximum Gasteiger partial charge on any atom is 0.243 e. The minimum absolute atomic E-state index is 0.108. The molecule has 1 N–H and O–H groups in total. The molecule has 1 saturated carbocycles. The van der Waals surface area contributed by atoms with Crippen LogP contribution in [0.2, 0.25) is 20.1 Å². The Morgan fingerprint density at radius 2 is 1.57 bits per heavy atom. The van der Waals surface area contributed by atoms with E-state index in [9.17, 15) is 9.59 Å². The highest BCUT2D eigenvalue weighted by molar-refractivity contribution is 7.99. The third-order valence-electron chi connectivity index (χ3n) is 6.19. The Balaban J connectivity index is 1.74. The van der Waals surface area contributed by atoms with E-state index in [4.69, 9.17) is 46.4 Å². The Hall–Kier alpha value is -1.11. The summed E-state index contributed by atoms with van der Waals surface area (Å²) in [6, 6.07) is 10.1. The quantitative estimate of drug-likeness (QED) is 0.314. The molecular weight excluding hydrogens is 546 g/mol. The van der Waals surface area contributed by atoms with Crippen molar-refractivity contribution in [2.75, 3.05) is 5.75 Å². The van der Waals surface area contributed by atoms with Crippen LogP contribution in [-0.4, -0.2) is 34.6 Å². The van der Waals surface area contributed by atoms with Crippen molar-refractivity contribution in [3.05, 3.63) is 67.6 Å². The van der Waals surface area contributed by atoms with E-state index in [0.29, 0.717) is 32.3 Å². The lowest BCUT2D eigenvalue weighted by Gasteiger charge is -2.33. The molecular formula is C26H30Cl4N2O2S. The zero-order chi connectivity index (χ0) is 25.4. The number of halogens is 4. The summed E-state index contributed by atoms with van der Waals surface area (Å²) >= 11 is 26.2. The molecule has 0 heterocycles. The Morgan fingerprint density at radius 1 is 0.971 bits per heavy atom. The summed E-state index contributed by atoms with van der Waals surface area (Å²) in [4.78, 5) is 28.4. The summed E-state index contributed by atoms with van der Waals surface area (Å²) in [5, 5.41) is 5.32. The number of carbonyl (C=O) groups excluding carboxylic acids is 2. The number of rotatable bonds is 10. The molecule has 2 amide bonds. The predicted molar refractivity (Wildman–Crippen MR) is 149 cm³/mol. The van der Waals surface area contributed by atoms with Crippen LogP contribution in [0.3, 0.4) is 0 Å². The lowest BCUT2D eigenvalue weighted by atomic mass is 9.95. The third kappa shape index (κ3) is 8.46. The zero-order valence-corrected chi connectivity index (χ0v) is 23.5. The third-order valence-corrected chi connectivity index (χ3v) is 8.33. The van der Waals surface area contributed by atoms with Gasteiger partial charge in [0.15, 0.2) is 0 Å². The molecule has 35 heavy (non-hydrogen) atoms. The Labute approximate surface area is 232 Å². The summed E-state index contributed by atoms with van der Waals surface area (Å²) in [6.07, 6.45) is 5.91. The SMILES string of the molecule is CC[C@@H](C(=O)NC1CCCCC1)N(Cc1ccc(Cl)cc1Cl)C(=O)CSCc1ccc(Cl)cc1Cl. The van der Waals surface area contributed by atoms with Gasteiger partial charge < -0.3 is 10.2 Å². The van der Waals surface area contributed by atoms with Gasteiger partial charge in [-0.1, -0.05) is 84.7 Å². The maximum absolute atomic E-state index is 13.5. The molecule has 0 bridgehead atoms. The van der Waals surface area contributed by atoms with Crippen molar-refractivity contribution in [1.29, 1.82) is 0 Å². The van der Waals surface area contributed by atoms with E-state index in [1.54, 1.807) is 35.2 Å². The number of carbonyl (C=O) groups is 2. The molecule has 0 saturated heterocycles. The van der Waals surface area contributed by atoms with E-state index in [2.05, 4.69) is 5.32 Å². The van der Waals surface area contributed by atoms with Crippen LogP contribution in [0.25, 0.3) is 0 Å². The van der Waals surface area contributed by atoms with Gasteiger partial charge in [0, 0.05) is 38.4 Å². The zero-order valence-electron chi connectivity index (χ0n) is 19.7. The highest BCUT2D eigenvalue weighted by Crippen LogP contribution is 2.27. The minimum Gasteiger partial charge on any atom is -0.352 e. The van der Waals surface area contributed by atoms with Crippen LogP contribution >= 0.6 is 58.2 Å². The fourth-order valence-electron chi connectivity index (χ4n) is 4.27. The fourth-order valence-corrected chi connectivity index (χ4v) is 6.20. The van der Waals surface area contributed by atoms with Gasteiger partial charge in [0.25, 0.3) is 0 Å². The molecule has 0 radical (unpaired) electrons. The normalized spacial score (nSPS) is 15.0. The van der Waals surface area contributed by atoms with Gasteiger partial charge >= 0.3 is 0 Å². The second kappa shape index (κ2) is 14.0. The van der Waals surface area contributed by atoms with Crippen molar-refractivity contribution >= 4 is 70.0 Å². The second-order valence-electron chi connectivity index (χ2n) is 8.75. The molecule has 1 fully saturated rings. The maximum atomic E-state index is 13.5. The first kappa shape index (κ1) is 28.5. The van der Waals surface area contributed by atoms with Crippen LogP contribution in [-0.2, 0) is 21.9 Å². The number of hydrogen-bond acceptors (Lipinski definition) is 3. The molecule has 2 aromatic carbocycles. The van der Waals surface area contributed by atoms with Gasteiger partial charge in [-0.15, -0.1) is 11.8 Å². The summed E-state index contributed by atoms with van der Waals surface area (Å²) < 4.78 is 0. The van der Waals surface area contributed by atoms with Crippen LogP contribution in [0.4, 0.5) is 0 Å². The Kier molecular flexibility index (Phi) is 11.4. The molecule has 0 aromatic heterocycles. The molecule has 2 aromatic rings. The molecule has 0 aliphatic heterocycles. The summed E-state index contributed by atoms with van der Waals surface area (Å²) in [5.41, 5.74) is 1.65. The smallest absolute Gasteiger partial charge is 0.243 e. The van der Waals surface area contributed by atoms with Crippen molar-refractivity contribution in [3.63, 3.8) is 0 Å². The average molecular weight is 576 g/mol. The van der Waals surface area contributed by atoms with Crippen molar-refractivity contribution in [1.82, 2.24) is 10.2 Å². The van der Waals surface area contributed by atoms with Gasteiger partial charge in [0.2, 0.25) is 11.8 Å². The molecule has 4 nitrogen and oxygen atoms in total. The van der Waals surface area contributed by atoms with E-state index in [1.165, 1.54) is 18.2 Å². The molecule has 190 valence electrons. The Bertz CT molecular complexity index is 1030. The molecule has 9 heteroatoms. The molecule has 1 aliphatic rings. The van der Waals surface area contributed by atoms with Gasteiger partial charge in [-0.05, 0) is 54.7 Å². The minimum atomic E-state index is -0.587. The van der Waals surface area contributed by atoms with Crippen molar-refractivity contribution in [3.8, 4) is 0 Å². The number of nitrogens with zero attached hydrogens (tertiary/aromatic N) is 1. The van der Waals surface area contributed by atoms with E-state index in [1.807, 2.05) is 13.0 Å². The van der Waals surface area contributed by atoms with Crippen molar-refractivity contribution < 1.29 is 9.59 Å². The van der Waals surface area contributed by atoms with Gasteiger partial charge in [0.1, 0.15) is 6.04 Å². The lowest BCUT2D eigenvalue weighted by Crippen LogP contribution is -2.52. The van der Waals surface area contributed by atoms with E-state index >= 15 is 0 Å². The Morgan fingerprint density at radius 3 is 2.14 bits per heavy atom. The van der Waals surface area contributed by atoms with Gasteiger partial charge in [-0.3, -0.25) is 9.59 Å². The number of thioether (sulfide) groups is 1. The first-order valence-electron chi connectivity index (χ1n) is 11.8. The van der Waals surface area contributed by atoms with Crippen molar-refractivity contribution in [2.24, 2.45) is 0 Å². The molecule has 1 atom stereocenters. The number of amides is 2. The van der Waals surface area contributed by atoms with Gasteiger partial charge in [-0.25, -0.2) is 0 Å². The molecule has 1 aliphatic carbocycles. The predicted octanol–water partition coefficient (Wildman–Crippen LogP) is 7.79. The van der Waals surface area contributed by atoms with E-state index < -0.39 is 6.04 Å².